The summed E-state index contributed by atoms with van der Waals surface area (Å²) in [5.74, 6) is 2.37. The van der Waals surface area contributed by atoms with Crippen molar-refractivity contribution >= 4 is 29.9 Å². The molecule has 0 spiro atoms. The van der Waals surface area contributed by atoms with Gasteiger partial charge in [0.25, 0.3) is 0 Å². The second-order valence-electron chi connectivity index (χ2n) is 8.57. The Morgan fingerprint density at radius 2 is 1.84 bits per heavy atom. The highest BCUT2D eigenvalue weighted by molar-refractivity contribution is 14.0. The zero-order valence-electron chi connectivity index (χ0n) is 19.3. The zero-order chi connectivity index (χ0) is 21.0. The third kappa shape index (κ3) is 9.24. The van der Waals surface area contributed by atoms with E-state index in [1.54, 1.807) is 7.11 Å². The predicted octanol–water partition coefficient (Wildman–Crippen LogP) is 3.47. The Bertz CT molecular complexity index is 623. The van der Waals surface area contributed by atoms with Crippen LogP contribution in [0, 0.1) is 11.8 Å². The smallest absolute Gasteiger partial charge is 0.193 e. The predicted molar refractivity (Wildman–Crippen MR) is 138 cm³/mol. The standard InChI is InChI=1S/C24H40N4O2.HI/c1-3-25-24(26-17-21-9-12-27(13-10-21)15-16-29-2)28-14-11-23(18-28)20-30-19-22-7-5-4-6-8-22;/h4-8,21,23H,3,9-20H2,1-2H3,(H,25,26);1H. The fraction of sp³-hybridized carbons (Fsp3) is 0.708. The summed E-state index contributed by atoms with van der Waals surface area (Å²) in [5.41, 5.74) is 1.25. The molecule has 6 nitrogen and oxygen atoms in total. The van der Waals surface area contributed by atoms with Crippen LogP contribution in [0.15, 0.2) is 35.3 Å². The summed E-state index contributed by atoms with van der Waals surface area (Å²) < 4.78 is 11.2. The molecule has 2 saturated heterocycles. The van der Waals surface area contributed by atoms with Crippen molar-refractivity contribution in [1.29, 1.82) is 0 Å². The number of likely N-dealkylation sites (tertiary alicyclic amines) is 2. The molecule has 1 N–H and O–H groups in total. The lowest BCUT2D eigenvalue weighted by Gasteiger charge is -2.31. The second-order valence-corrected chi connectivity index (χ2v) is 8.57. The van der Waals surface area contributed by atoms with E-state index in [2.05, 4.69) is 46.3 Å². The summed E-state index contributed by atoms with van der Waals surface area (Å²) in [4.78, 5) is 9.95. The van der Waals surface area contributed by atoms with Gasteiger partial charge in [-0.3, -0.25) is 4.99 Å². The monoisotopic (exact) mass is 544 g/mol. The normalized spacial score (nSPS) is 20.6. The third-order valence-electron chi connectivity index (χ3n) is 6.20. The first-order valence-electron chi connectivity index (χ1n) is 11.6. The molecule has 1 aromatic rings. The van der Waals surface area contributed by atoms with Gasteiger partial charge in [-0.25, -0.2) is 0 Å². The first-order chi connectivity index (χ1) is 14.8. The first kappa shape index (κ1) is 26.4. The van der Waals surface area contributed by atoms with E-state index >= 15 is 0 Å². The molecule has 1 aromatic carbocycles. The van der Waals surface area contributed by atoms with Gasteiger partial charge in [0.15, 0.2) is 5.96 Å². The Morgan fingerprint density at radius 1 is 1.10 bits per heavy atom. The summed E-state index contributed by atoms with van der Waals surface area (Å²) in [7, 11) is 1.78. The van der Waals surface area contributed by atoms with Crippen LogP contribution in [-0.4, -0.2) is 81.9 Å². The minimum atomic E-state index is 0. The number of halogens is 1. The maximum Gasteiger partial charge on any atom is 0.193 e. The number of nitrogens with one attached hydrogen (secondary N) is 1. The molecule has 31 heavy (non-hydrogen) atoms. The molecule has 0 radical (unpaired) electrons. The molecule has 0 aliphatic carbocycles. The van der Waals surface area contributed by atoms with Gasteiger partial charge in [0.1, 0.15) is 0 Å². The van der Waals surface area contributed by atoms with Crippen LogP contribution in [0.3, 0.4) is 0 Å². The van der Waals surface area contributed by atoms with Gasteiger partial charge in [-0.15, -0.1) is 24.0 Å². The Balaban J connectivity index is 0.00000341. The lowest BCUT2D eigenvalue weighted by molar-refractivity contribution is 0.0906. The number of rotatable bonds is 10. The SMILES string of the molecule is CCNC(=NCC1CCN(CCOC)CC1)N1CCC(COCc2ccccc2)C1.I. The highest BCUT2D eigenvalue weighted by atomic mass is 127. The van der Waals surface area contributed by atoms with Gasteiger partial charge in [0.2, 0.25) is 0 Å². The van der Waals surface area contributed by atoms with E-state index in [1.165, 1.54) is 37.9 Å². The summed E-state index contributed by atoms with van der Waals surface area (Å²) >= 11 is 0. The van der Waals surface area contributed by atoms with E-state index in [4.69, 9.17) is 14.5 Å². The largest absolute Gasteiger partial charge is 0.383 e. The number of hydrogen-bond acceptors (Lipinski definition) is 4. The molecule has 0 saturated carbocycles. The van der Waals surface area contributed by atoms with Crippen LogP contribution in [0.1, 0.15) is 31.7 Å². The summed E-state index contributed by atoms with van der Waals surface area (Å²) in [6, 6.07) is 10.4. The van der Waals surface area contributed by atoms with Crippen LogP contribution in [0.5, 0.6) is 0 Å². The van der Waals surface area contributed by atoms with Crippen molar-refractivity contribution < 1.29 is 9.47 Å². The van der Waals surface area contributed by atoms with Gasteiger partial charge in [-0.05, 0) is 50.8 Å². The maximum atomic E-state index is 5.98. The molecule has 1 atom stereocenters. The van der Waals surface area contributed by atoms with Gasteiger partial charge in [0, 0.05) is 45.8 Å². The quantitative estimate of drug-likeness (QED) is 0.278. The van der Waals surface area contributed by atoms with Crippen LogP contribution in [0.25, 0.3) is 0 Å². The van der Waals surface area contributed by atoms with Crippen LogP contribution in [0.2, 0.25) is 0 Å². The van der Waals surface area contributed by atoms with Crippen molar-refractivity contribution in [3.05, 3.63) is 35.9 Å². The number of piperidine rings is 1. The summed E-state index contributed by atoms with van der Waals surface area (Å²) in [6.07, 6.45) is 3.65. The molecule has 2 aliphatic rings. The van der Waals surface area contributed by atoms with Gasteiger partial charge < -0.3 is 24.6 Å². The Hall–Kier alpha value is -0.900. The minimum absolute atomic E-state index is 0. The fourth-order valence-electron chi connectivity index (χ4n) is 4.33. The average molecular weight is 545 g/mol. The van der Waals surface area contributed by atoms with Gasteiger partial charge >= 0.3 is 0 Å². The second kappa shape index (κ2) is 15.0. The van der Waals surface area contributed by atoms with Crippen molar-refractivity contribution in [2.24, 2.45) is 16.8 Å². The number of aliphatic imine (C=N–C) groups is 1. The molecule has 2 fully saturated rings. The van der Waals surface area contributed by atoms with Gasteiger partial charge in [0.05, 0.1) is 19.8 Å². The maximum absolute atomic E-state index is 5.98. The van der Waals surface area contributed by atoms with E-state index in [0.29, 0.717) is 18.4 Å². The van der Waals surface area contributed by atoms with Crippen LogP contribution in [-0.2, 0) is 16.1 Å². The summed E-state index contributed by atoms with van der Waals surface area (Å²) in [6.45, 7) is 11.9. The highest BCUT2D eigenvalue weighted by Gasteiger charge is 2.25. The molecule has 3 rings (SSSR count). The van der Waals surface area contributed by atoms with E-state index in [-0.39, 0.29) is 24.0 Å². The fourth-order valence-corrected chi connectivity index (χ4v) is 4.33. The number of benzene rings is 1. The number of methoxy groups -OCH3 is 1. The molecule has 0 aromatic heterocycles. The topological polar surface area (TPSA) is 49.3 Å². The van der Waals surface area contributed by atoms with Crippen LogP contribution < -0.4 is 5.32 Å². The molecule has 0 bridgehead atoms. The molecule has 0 amide bonds. The van der Waals surface area contributed by atoms with E-state index in [9.17, 15) is 0 Å². The van der Waals surface area contributed by atoms with Crippen molar-refractivity contribution in [3.63, 3.8) is 0 Å². The molecule has 2 heterocycles. The molecular weight excluding hydrogens is 503 g/mol. The molecule has 176 valence electrons. The number of ether oxygens (including phenoxy) is 2. The third-order valence-corrected chi connectivity index (χ3v) is 6.20. The number of guanidine groups is 1. The number of nitrogens with zero attached hydrogens (tertiary/aromatic N) is 3. The van der Waals surface area contributed by atoms with Crippen LogP contribution in [0.4, 0.5) is 0 Å². The molecule has 2 aliphatic heterocycles. The van der Waals surface area contributed by atoms with E-state index < -0.39 is 0 Å². The van der Waals surface area contributed by atoms with Crippen molar-refractivity contribution in [1.82, 2.24) is 15.1 Å². The Morgan fingerprint density at radius 3 is 2.55 bits per heavy atom. The minimum Gasteiger partial charge on any atom is -0.383 e. The molecular formula is C24H41IN4O2. The van der Waals surface area contributed by atoms with Crippen molar-refractivity contribution in [2.75, 3.05) is 66.1 Å². The summed E-state index contributed by atoms with van der Waals surface area (Å²) in [5, 5.41) is 3.51. The zero-order valence-corrected chi connectivity index (χ0v) is 21.6. The first-order valence-corrected chi connectivity index (χ1v) is 11.6. The average Bonchev–Trinajstić information content (AvgIpc) is 3.25. The molecule has 1 unspecified atom stereocenters. The van der Waals surface area contributed by atoms with Gasteiger partial charge in [-0.2, -0.15) is 0 Å². The Labute approximate surface area is 205 Å². The van der Waals surface area contributed by atoms with E-state index in [1.807, 2.05) is 6.07 Å². The lowest BCUT2D eigenvalue weighted by Crippen LogP contribution is -2.41. The van der Waals surface area contributed by atoms with E-state index in [0.717, 1.165) is 51.9 Å². The van der Waals surface area contributed by atoms with Crippen molar-refractivity contribution in [3.8, 4) is 0 Å². The Kier molecular flexibility index (Phi) is 12.8. The number of hydrogen-bond donors (Lipinski definition) is 1. The van der Waals surface area contributed by atoms with Gasteiger partial charge in [-0.1, -0.05) is 30.3 Å². The van der Waals surface area contributed by atoms with Crippen LogP contribution >= 0.6 is 24.0 Å². The molecule has 7 heteroatoms. The highest BCUT2D eigenvalue weighted by Crippen LogP contribution is 2.20. The lowest BCUT2D eigenvalue weighted by atomic mass is 9.97. The van der Waals surface area contributed by atoms with Crippen molar-refractivity contribution in [2.45, 2.75) is 32.8 Å².